The number of piperidine rings is 1. The summed E-state index contributed by atoms with van der Waals surface area (Å²) in [5.41, 5.74) is 4.33. The van der Waals surface area contributed by atoms with E-state index < -0.39 is 0 Å². The van der Waals surface area contributed by atoms with Crippen molar-refractivity contribution in [2.45, 2.75) is 25.4 Å². The fourth-order valence-corrected chi connectivity index (χ4v) is 4.71. The van der Waals surface area contributed by atoms with Gasteiger partial charge in [-0.3, -0.25) is 4.98 Å². The van der Waals surface area contributed by atoms with Crippen LogP contribution < -0.4 is 9.47 Å². The molecule has 6 rings (SSSR count). The van der Waals surface area contributed by atoms with Crippen LogP contribution in [0, 0.1) is 0 Å². The third-order valence-corrected chi connectivity index (χ3v) is 6.56. The highest BCUT2D eigenvalue weighted by Gasteiger charge is 2.29. The number of hydrogen-bond donors (Lipinski definition) is 1. The molecule has 2 aliphatic rings. The summed E-state index contributed by atoms with van der Waals surface area (Å²) < 4.78 is 16.6. The van der Waals surface area contributed by atoms with Gasteiger partial charge in [0, 0.05) is 30.8 Å². The highest BCUT2D eigenvalue weighted by Crippen LogP contribution is 2.39. The molecule has 182 valence electrons. The summed E-state index contributed by atoms with van der Waals surface area (Å²) in [4.78, 5) is 27.7. The average molecular weight is 483 g/mol. The van der Waals surface area contributed by atoms with Crippen molar-refractivity contribution in [1.82, 2.24) is 19.9 Å². The van der Waals surface area contributed by atoms with E-state index >= 15 is 0 Å². The quantitative estimate of drug-likeness (QED) is 0.411. The van der Waals surface area contributed by atoms with Crippen molar-refractivity contribution in [3.63, 3.8) is 0 Å². The number of nitrogens with zero attached hydrogens (tertiary/aromatic N) is 3. The van der Waals surface area contributed by atoms with Crippen molar-refractivity contribution in [1.29, 1.82) is 0 Å². The lowest BCUT2D eigenvalue weighted by atomic mass is 9.98. The molecule has 0 aliphatic carbocycles. The molecular weight excluding hydrogens is 456 g/mol. The Morgan fingerprint density at radius 3 is 2.78 bits per heavy atom. The first-order valence-electron chi connectivity index (χ1n) is 12.1. The minimum atomic E-state index is -0.295. The molecule has 1 fully saturated rings. The maximum Gasteiger partial charge on any atom is 0.410 e. The summed E-state index contributed by atoms with van der Waals surface area (Å²) in [7, 11) is 0. The zero-order valence-electron chi connectivity index (χ0n) is 19.7. The number of fused-ring (bicyclic) bond motifs is 1. The maximum atomic E-state index is 12.8. The van der Waals surface area contributed by atoms with Gasteiger partial charge in [0.2, 0.25) is 6.79 Å². The van der Waals surface area contributed by atoms with Gasteiger partial charge in [0.15, 0.2) is 11.5 Å². The molecule has 8 nitrogen and oxygen atoms in total. The molecule has 0 saturated carbocycles. The molecule has 2 aromatic carbocycles. The maximum absolute atomic E-state index is 12.8. The van der Waals surface area contributed by atoms with Crippen molar-refractivity contribution in [3.05, 3.63) is 84.3 Å². The van der Waals surface area contributed by atoms with Gasteiger partial charge in [0.05, 0.1) is 17.1 Å². The average Bonchev–Trinajstić information content (AvgIpc) is 3.60. The number of aromatic amines is 1. The third-order valence-electron chi connectivity index (χ3n) is 6.56. The standard InChI is InChI=1S/C28H26N4O4/c33-28(34-17-19-7-2-1-3-8-19)32-14-6-9-21(16-32)27-30-25(26(31-27)22-10-4-5-13-29-22)20-11-12-23-24(15-20)36-18-35-23/h1-5,7-8,10-13,15,21H,6,9,14,16-18H2,(H,30,31). The van der Waals surface area contributed by atoms with E-state index in [0.717, 1.165) is 52.6 Å². The lowest BCUT2D eigenvalue weighted by Gasteiger charge is -2.31. The molecule has 0 bridgehead atoms. The molecule has 0 spiro atoms. The van der Waals surface area contributed by atoms with Gasteiger partial charge in [-0.05, 0) is 48.7 Å². The Morgan fingerprint density at radius 2 is 1.92 bits per heavy atom. The Labute approximate surface area is 208 Å². The fraction of sp³-hybridized carbons (Fsp3) is 0.250. The number of H-pyrrole nitrogens is 1. The van der Waals surface area contributed by atoms with E-state index in [4.69, 9.17) is 19.2 Å². The number of carbonyl (C=O) groups excluding carboxylic acids is 1. The molecule has 1 atom stereocenters. The molecule has 0 radical (unpaired) electrons. The van der Waals surface area contributed by atoms with Gasteiger partial charge in [-0.15, -0.1) is 0 Å². The van der Waals surface area contributed by atoms with Gasteiger partial charge in [0.25, 0.3) is 0 Å². The first-order valence-corrected chi connectivity index (χ1v) is 12.1. The highest BCUT2D eigenvalue weighted by atomic mass is 16.7. The lowest BCUT2D eigenvalue weighted by molar-refractivity contribution is 0.0854. The van der Waals surface area contributed by atoms with Crippen molar-refractivity contribution < 1.29 is 19.0 Å². The summed E-state index contributed by atoms with van der Waals surface area (Å²) in [6.45, 7) is 1.70. The Morgan fingerprint density at radius 1 is 1.06 bits per heavy atom. The number of benzene rings is 2. The van der Waals surface area contributed by atoms with E-state index in [1.165, 1.54) is 0 Å². The fourth-order valence-electron chi connectivity index (χ4n) is 4.71. The normalized spacial score (nSPS) is 16.7. The zero-order chi connectivity index (χ0) is 24.3. The van der Waals surface area contributed by atoms with Crippen LogP contribution in [0.25, 0.3) is 22.6 Å². The molecule has 2 aromatic heterocycles. The van der Waals surface area contributed by atoms with Crippen LogP contribution in [-0.4, -0.2) is 45.8 Å². The number of rotatable bonds is 5. The number of imidazole rings is 1. The van der Waals surface area contributed by atoms with Crippen LogP contribution >= 0.6 is 0 Å². The number of nitrogens with one attached hydrogen (secondary N) is 1. The summed E-state index contributed by atoms with van der Waals surface area (Å²) in [6, 6.07) is 21.4. The zero-order valence-corrected chi connectivity index (χ0v) is 19.7. The van der Waals surface area contributed by atoms with Crippen molar-refractivity contribution >= 4 is 6.09 Å². The van der Waals surface area contributed by atoms with Gasteiger partial charge < -0.3 is 24.1 Å². The SMILES string of the molecule is O=C(OCc1ccccc1)N1CCCC(c2nc(-c3ccc4c(c3)OCO4)c(-c3ccccn3)[nH]2)C1. The van der Waals surface area contributed by atoms with Gasteiger partial charge in [0.1, 0.15) is 12.4 Å². The second-order valence-corrected chi connectivity index (χ2v) is 8.95. The van der Waals surface area contributed by atoms with E-state index in [0.29, 0.717) is 18.8 Å². The molecule has 36 heavy (non-hydrogen) atoms. The number of likely N-dealkylation sites (tertiary alicyclic amines) is 1. The molecule has 1 N–H and O–H groups in total. The number of pyridine rings is 1. The Bertz CT molecular complexity index is 1360. The van der Waals surface area contributed by atoms with Crippen molar-refractivity contribution in [2.24, 2.45) is 0 Å². The largest absolute Gasteiger partial charge is 0.454 e. The minimum absolute atomic E-state index is 0.0632. The van der Waals surface area contributed by atoms with Crippen molar-refractivity contribution in [2.75, 3.05) is 19.9 Å². The summed E-state index contributed by atoms with van der Waals surface area (Å²) in [5.74, 6) is 2.33. The van der Waals surface area contributed by atoms with Gasteiger partial charge >= 0.3 is 6.09 Å². The molecule has 1 amide bonds. The summed E-state index contributed by atoms with van der Waals surface area (Å²) >= 11 is 0. The monoisotopic (exact) mass is 482 g/mol. The smallest absolute Gasteiger partial charge is 0.410 e. The number of hydrogen-bond acceptors (Lipinski definition) is 6. The van der Waals surface area contributed by atoms with Crippen LogP contribution in [0.4, 0.5) is 4.79 Å². The van der Waals surface area contributed by atoms with E-state index in [2.05, 4.69) is 9.97 Å². The highest BCUT2D eigenvalue weighted by molar-refractivity contribution is 5.78. The summed E-state index contributed by atoms with van der Waals surface area (Å²) in [5, 5.41) is 0. The van der Waals surface area contributed by atoms with Crippen LogP contribution in [0.3, 0.4) is 0 Å². The first-order chi connectivity index (χ1) is 17.7. The predicted octanol–water partition coefficient (Wildman–Crippen LogP) is 5.38. The molecule has 1 saturated heterocycles. The number of ether oxygens (including phenoxy) is 3. The third kappa shape index (κ3) is 4.49. The Hall–Kier alpha value is -4.33. The predicted molar refractivity (Wildman–Crippen MR) is 134 cm³/mol. The van der Waals surface area contributed by atoms with Crippen LogP contribution in [0.15, 0.2) is 72.9 Å². The van der Waals surface area contributed by atoms with Gasteiger partial charge in [-0.25, -0.2) is 9.78 Å². The van der Waals surface area contributed by atoms with Crippen LogP contribution in [0.2, 0.25) is 0 Å². The molecule has 8 heteroatoms. The molecule has 2 aliphatic heterocycles. The summed E-state index contributed by atoms with van der Waals surface area (Å²) in [6.07, 6.45) is 3.28. The van der Waals surface area contributed by atoms with E-state index in [1.807, 2.05) is 66.7 Å². The second kappa shape index (κ2) is 9.73. The van der Waals surface area contributed by atoms with Gasteiger partial charge in [-0.1, -0.05) is 36.4 Å². The molecule has 4 heterocycles. The second-order valence-electron chi connectivity index (χ2n) is 8.95. The van der Waals surface area contributed by atoms with E-state index in [9.17, 15) is 4.79 Å². The molecule has 4 aromatic rings. The van der Waals surface area contributed by atoms with Crippen LogP contribution in [-0.2, 0) is 11.3 Å². The number of amides is 1. The molecule has 1 unspecified atom stereocenters. The van der Waals surface area contributed by atoms with Crippen LogP contribution in [0.1, 0.15) is 30.1 Å². The first kappa shape index (κ1) is 22.2. The van der Waals surface area contributed by atoms with Crippen molar-refractivity contribution in [3.8, 4) is 34.1 Å². The Kier molecular flexibility index (Phi) is 5.99. The van der Waals surface area contributed by atoms with Crippen LogP contribution in [0.5, 0.6) is 11.5 Å². The Balaban J connectivity index is 1.25. The number of aromatic nitrogens is 3. The minimum Gasteiger partial charge on any atom is -0.454 e. The molecular formula is C28H26N4O4. The topological polar surface area (TPSA) is 89.6 Å². The number of carbonyl (C=O) groups is 1. The lowest BCUT2D eigenvalue weighted by Crippen LogP contribution is -2.39. The van der Waals surface area contributed by atoms with Gasteiger partial charge in [-0.2, -0.15) is 0 Å². The van der Waals surface area contributed by atoms with E-state index in [-0.39, 0.29) is 25.4 Å². The van der Waals surface area contributed by atoms with E-state index in [1.54, 1.807) is 11.1 Å².